The average Bonchev–Trinajstić information content (AvgIpc) is 2.64. The van der Waals surface area contributed by atoms with E-state index < -0.39 is 0 Å². The second-order valence-corrected chi connectivity index (χ2v) is 8.75. The SMILES string of the molecule is CCN(C(C)=O)[C@H]1CCC2(CCN(CCC(C)C)CC2)c2ccccc21. The van der Waals surface area contributed by atoms with E-state index in [1.807, 2.05) is 0 Å². The largest absolute Gasteiger partial charge is 0.336 e. The molecule has 0 unspecified atom stereocenters. The van der Waals surface area contributed by atoms with E-state index in [1.165, 1.54) is 56.4 Å². The molecule has 3 heteroatoms. The van der Waals surface area contributed by atoms with Crippen LogP contribution in [0.25, 0.3) is 0 Å². The van der Waals surface area contributed by atoms with Gasteiger partial charge in [0, 0.05) is 13.5 Å². The highest BCUT2D eigenvalue weighted by Crippen LogP contribution is 2.49. The molecule has 1 fully saturated rings. The molecular weight excluding hydrogens is 320 g/mol. The van der Waals surface area contributed by atoms with Gasteiger partial charge in [-0.2, -0.15) is 0 Å². The third-order valence-electron chi connectivity index (χ3n) is 6.74. The minimum atomic E-state index is 0.201. The minimum absolute atomic E-state index is 0.201. The summed E-state index contributed by atoms with van der Waals surface area (Å²) in [6.07, 6.45) is 6.16. The van der Waals surface area contributed by atoms with Crippen LogP contribution in [0.1, 0.15) is 77.0 Å². The molecule has 1 atom stereocenters. The number of piperidine rings is 1. The molecule has 1 aromatic carbocycles. The highest BCUT2D eigenvalue weighted by atomic mass is 16.2. The lowest BCUT2D eigenvalue weighted by molar-refractivity contribution is -0.131. The van der Waals surface area contributed by atoms with Crippen molar-refractivity contribution in [2.45, 2.75) is 71.3 Å². The minimum Gasteiger partial charge on any atom is -0.336 e. The molecule has 0 N–H and O–H groups in total. The van der Waals surface area contributed by atoms with Gasteiger partial charge in [0.25, 0.3) is 0 Å². The van der Waals surface area contributed by atoms with Crippen molar-refractivity contribution in [2.24, 2.45) is 5.92 Å². The predicted octanol–water partition coefficient (Wildman–Crippen LogP) is 4.77. The van der Waals surface area contributed by atoms with Crippen molar-refractivity contribution in [2.75, 3.05) is 26.2 Å². The van der Waals surface area contributed by atoms with Gasteiger partial charge >= 0.3 is 0 Å². The van der Waals surface area contributed by atoms with E-state index in [2.05, 4.69) is 54.8 Å². The van der Waals surface area contributed by atoms with Crippen molar-refractivity contribution in [3.8, 4) is 0 Å². The van der Waals surface area contributed by atoms with Crippen LogP contribution in [0.3, 0.4) is 0 Å². The first-order valence-electron chi connectivity index (χ1n) is 10.6. The van der Waals surface area contributed by atoms with E-state index in [-0.39, 0.29) is 11.9 Å². The van der Waals surface area contributed by atoms with Crippen LogP contribution in [-0.4, -0.2) is 41.9 Å². The van der Waals surface area contributed by atoms with E-state index >= 15 is 0 Å². The number of hydrogen-bond acceptors (Lipinski definition) is 2. The second kappa shape index (κ2) is 8.12. The number of hydrogen-bond donors (Lipinski definition) is 0. The Labute approximate surface area is 159 Å². The summed E-state index contributed by atoms with van der Waals surface area (Å²) in [5.41, 5.74) is 3.27. The number of nitrogens with zero attached hydrogens (tertiary/aromatic N) is 2. The van der Waals surface area contributed by atoms with Gasteiger partial charge in [-0.05, 0) is 81.1 Å². The summed E-state index contributed by atoms with van der Waals surface area (Å²) < 4.78 is 0. The number of fused-ring (bicyclic) bond motifs is 2. The van der Waals surface area contributed by atoms with Crippen molar-refractivity contribution in [1.29, 1.82) is 0 Å². The van der Waals surface area contributed by atoms with Gasteiger partial charge in [-0.1, -0.05) is 38.1 Å². The van der Waals surface area contributed by atoms with Gasteiger partial charge in [0.05, 0.1) is 6.04 Å². The molecule has 0 aromatic heterocycles. The van der Waals surface area contributed by atoms with Crippen LogP contribution in [0.2, 0.25) is 0 Å². The van der Waals surface area contributed by atoms with E-state index in [1.54, 1.807) is 6.92 Å². The summed E-state index contributed by atoms with van der Waals surface area (Å²) in [6, 6.07) is 9.23. The maximum Gasteiger partial charge on any atom is 0.219 e. The third kappa shape index (κ3) is 3.83. The summed E-state index contributed by atoms with van der Waals surface area (Å²) in [6.45, 7) is 12.9. The fourth-order valence-electron chi connectivity index (χ4n) is 5.12. The molecule has 1 saturated heterocycles. The Bertz CT molecular complexity index is 616. The lowest BCUT2D eigenvalue weighted by Gasteiger charge is -2.49. The fraction of sp³-hybridized carbons (Fsp3) is 0.696. The highest BCUT2D eigenvalue weighted by molar-refractivity contribution is 5.74. The molecule has 1 aliphatic carbocycles. The molecule has 0 bridgehead atoms. The van der Waals surface area contributed by atoms with Crippen molar-refractivity contribution in [3.05, 3.63) is 35.4 Å². The van der Waals surface area contributed by atoms with Crippen LogP contribution in [0.15, 0.2) is 24.3 Å². The van der Waals surface area contributed by atoms with Crippen LogP contribution in [0.5, 0.6) is 0 Å². The summed E-state index contributed by atoms with van der Waals surface area (Å²) >= 11 is 0. The van der Waals surface area contributed by atoms with Crippen LogP contribution < -0.4 is 0 Å². The standard InChI is InChI=1S/C23H36N2O/c1-5-25(19(4)26)22-10-12-23(21-9-7-6-8-20(21)22)13-16-24(17-14-23)15-11-18(2)3/h6-9,18,22H,5,10-17H2,1-4H3/t22-/m0/s1. The molecule has 1 amide bonds. The van der Waals surface area contributed by atoms with Gasteiger partial charge in [-0.25, -0.2) is 0 Å². The van der Waals surface area contributed by atoms with E-state index in [0.717, 1.165) is 18.9 Å². The molecule has 1 aromatic rings. The Morgan fingerprint density at radius 2 is 1.92 bits per heavy atom. The van der Waals surface area contributed by atoms with E-state index in [9.17, 15) is 4.79 Å². The van der Waals surface area contributed by atoms with Gasteiger partial charge in [-0.3, -0.25) is 4.79 Å². The summed E-state index contributed by atoms with van der Waals surface area (Å²) in [4.78, 5) is 16.9. The predicted molar refractivity (Wildman–Crippen MR) is 108 cm³/mol. The Morgan fingerprint density at radius 1 is 1.23 bits per heavy atom. The molecule has 26 heavy (non-hydrogen) atoms. The average molecular weight is 357 g/mol. The maximum absolute atomic E-state index is 12.1. The first-order chi connectivity index (χ1) is 12.5. The molecule has 144 valence electrons. The van der Waals surface area contributed by atoms with E-state index in [0.29, 0.717) is 5.41 Å². The molecule has 2 aliphatic rings. The number of carbonyl (C=O) groups excluding carboxylic acids is 1. The van der Waals surface area contributed by atoms with Crippen molar-refractivity contribution in [3.63, 3.8) is 0 Å². The number of benzene rings is 1. The first kappa shape index (κ1) is 19.4. The summed E-state index contributed by atoms with van der Waals surface area (Å²) in [5, 5.41) is 0. The zero-order chi connectivity index (χ0) is 18.7. The number of rotatable bonds is 5. The Kier molecular flexibility index (Phi) is 6.06. The normalized spacial score (nSPS) is 22.4. The van der Waals surface area contributed by atoms with Gasteiger partial charge in [0.15, 0.2) is 0 Å². The zero-order valence-electron chi connectivity index (χ0n) is 17.1. The van der Waals surface area contributed by atoms with E-state index in [4.69, 9.17) is 0 Å². The second-order valence-electron chi connectivity index (χ2n) is 8.75. The van der Waals surface area contributed by atoms with Crippen molar-refractivity contribution >= 4 is 5.91 Å². The molecule has 3 nitrogen and oxygen atoms in total. The number of carbonyl (C=O) groups is 1. The molecule has 0 saturated carbocycles. The van der Waals surface area contributed by atoms with Crippen LogP contribution in [0.4, 0.5) is 0 Å². The molecule has 1 aliphatic heterocycles. The lowest BCUT2D eigenvalue weighted by Crippen LogP contribution is -2.47. The molecular formula is C23H36N2O. The van der Waals surface area contributed by atoms with Crippen LogP contribution >= 0.6 is 0 Å². The maximum atomic E-state index is 12.1. The van der Waals surface area contributed by atoms with Gasteiger partial charge in [-0.15, -0.1) is 0 Å². The van der Waals surface area contributed by atoms with Crippen molar-refractivity contribution < 1.29 is 4.79 Å². The number of amides is 1. The quantitative estimate of drug-likeness (QED) is 0.759. The monoisotopic (exact) mass is 356 g/mol. The Morgan fingerprint density at radius 3 is 2.54 bits per heavy atom. The summed E-state index contributed by atoms with van der Waals surface area (Å²) in [5.74, 6) is 0.986. The van der Waals surface area contributed by atoms with Gasteiger partial charge < -0.3 is 9.80 Å². The lowest BCUT2D eigenvalue weighted by atomic mass is 9.63. The number of likely N-dealkylation sites (tertiary alicyclic amines) is 1. The topological polar surface area (TPSA) is 23.6 Å². The molecule has 0 radical (unpaired) electrons. The summed E-state index contributed by atoms with van der Waals surface area (Å²) in [7, 11) is 0. The van der Waals surface area contributed by atoms with Gasteiger partial charge in [0.1, 0.15) is 0 Å². The van der Waals surface area contributed by atoms with Crippen LogP contribution in [0, 0.1) is 5.92 Å². The van der Waals surface area contributed by atoms with Crippen molar-refractivity contribution in [1.82, 2.24) is 9.80 Å². The fourth-order valence-corrected chi connectivity index (χ4v) is 5.12. The molecule has 3 rings (SSSR count). The smallest absolute Gasteiger partial charge is 0.219 e. The molecule has 1 spiro atoms. The third-order valence-corrected chi connectivity index (χ3v) is 6.74. The molecule has 1 heterocycles. The zero-order valence-corrected chi connectivity index (χ0v) is 17.1. The van der Waals surface area contributed by atoms with Gasteiger partial charge in [0.2, 0.25) is 5.91 Å². The first-order valence-corrected chi connectivity index (χ1v) is 10.6. The Hall–Kier alpha value is -1.35. The highest BCUT2D eigenvalue weighted by Gasteiger charge is 2.43. The Balaban J connectivity index is 1.79. The van der Waals surface area contributed by atoms with Crippen LogP contribution in [-0.2, 0) is 10.2 Å².